The van der Waals surface area contributed by atoms with Crippen LogP contribution in [0.25, 0.3) is 0 Å². The highest BCUT2D eigenvalue weighted by Crippen LogP contribution is 2.32. The molecule has 0 fully saturated rings. The molecule has 134 valence electrons. The lowest BCUT2D eigenvalue weighted by Gasteiger charge is -2.15. The maximum atomic E-state index is 12.4. The number of carbonyl (C=O) groups excluding carboxylic acids is 1. The summed E-state index contributed by atoms with van der Waals surface area (Å²) in [7, 11) is -2.62. The number of nitrogens with two attached hydrogens (primary N) is 2. The monoisotopic (exact) mass is 364 g/mol. The summed E-state index contributed by atoms with van der Waals surface area (Å²) in [4.78, 5) is 11.0. The lowest BCUT2D eigenvalue weighted by atomic mass is 10.0. The predicted molar refractivity (Wildman–Crippen MR) is 92.7 cm³/mol. The van der Waals surface area contributed by atoms with Gasteiger partial charge in [-0.15, -0.1) is 0 Å². The second-order valence-corrected chi connectivity index (χ2v) is 7.08. The van der Waals surface area contributed by atoms with Crippen LogP contribution in [0.4, 0.5) is 0 Å². The van der Waals surface area contributed by atoms with Gasteiger partial charge < -0.3 is 20.4 Å². The molecule has 0 spiro atoms. The molecule has 25 heavy (non-hydrogen) atoms. The summed E-state index contributed by atoms with van der Waals surface area (Å²) >= 11 is 0. The molecule has 2 aromatic carbocycles. The Morgan fingerprint density at radius 2 is 1.76 bits per heavy atom. The predicted octanol–water partition coefficient (Wildman–Crippen LogP) is 1.65. The van der Waals surface area contributed by atoms with E-state index in [1.807, 2.05) is 6.92 Å². The molecular formula is C17H20N2O5S. The molecule has 0 heterocycles. The zero-order valence-electron chi connectivity index (χ0n) is 13.9. The highest BCUT2D eigenvalue weighted by Gasteiger charge is 2.20. The Morgan fingerprint density at radius 1 is 1.12 bits per heavy atom. The van der Waals surface area contributed by atoms with Crippen molar-refractivity contribution in [3.05, 3.63) is 53.6 Å². The van der Waals surface area contributed by atoms with Crippen LogP contribution in [0.15, 0.2) is 47.4 Å². The summed E-state index contributed by atoms with van der Waals surface area (Å²) in [5.41, 5.74) is 12.5. The summed E-state index contributed by atoms with van der Waals surface area (Å²) in [6.07, 6.45) is -0.0367. The molecule has 2 rings (SSSR count). The van der Waals surface area contributed by atoms with Crippen molar-refractivity contribution >= 4 is 16.0 Å². The minimum Gasteiger partial charge on any atom is -0.493 e. The number of aryl methyl sites for hydroxylation is 1. The third-order valence-electron chi connectivity index (χ3n) is 3.55. The molecule has 1 amide bonds. The van der Waals surface area contributed by atoms with Crippen molar-refractivity contribution in [1.29, 1.82) is 0 Å². The van der Waals surface area contributed by atoms with E-state index in [9.17, 15) is 13.2 Å². The van der Waals surface area contributed by atoms with Crippen LogP contribution >= 0.6 is 0 Å². The first-order valence-electron chi connectivity index (χ1n) is 7.46. The summed E-state index contributed by atoms with van der Waals surface area (Å²) < 4.78 is 35.1. The first kappa shape index (κ1) is 18.8. The molecule has 1 atom stereocenters. The minimum atomic E-state index is -4.00. The molecule has 0 aromatic heterocycles. The van der Waals surface area contributed by atoms with E-state index in [0.717, 1.165) is 5.56 Å². The van der Waals surface area contributed by atoms with Crippen LogP contribution in [0, 0.1) is 6.92 Å². The number of rotatable bonds is 7. The average molecular weight is 364 g/mol. The second-order valence-electron chi connectivity index (χ2n) is 5.54. The first-order valence-corrected chi connectivity index (χ1v) is 8.86. The Balaban J connectivity index is 2.30. The van der Waals surface area contributed by atoms with Gasteiger partial charge >= 0.3 is 10.1 Å². The van der Waals surface area contributed by atoms with Gasteiger partial charge in [0.25, 0.3) is 0 Å². The van der Waals surface area contributed by atoms with Crippen LogP contribution in [-0.4, -0.2) is 21.4 Å². The Labute approximate surface area is 146 Å². The molecule has 0 saturated carbocycles. The molecule has 7 nitrogen and oxygen atoms in total. The number of methoxy groups -OCH3 is 1. The van der Waals surface area contributed by atoms with E-state index in [0.29, 0.717) is 5.56 Å². The van der Waals surface area contributed by atoms with Crippen LogP contribution < -0.4 is 20.4 Å². The van der Waals surface area contributed by atoms with Gasteiger partial charge in [-0.1, -0.05) is 23.8 Å². The van der Waals surface area contributed by atoms with Crippen molar-refractivity contribution in [2.45, 2.75) is 24.3 Å². The van der Waals surface area contributed by atoms with E-state index < -0.39 is 22.1 Å². The summed E-state index contributed by atoms with van der Waals surface area (Å²) in [5, 5.41) is 0. The summed E-state index contributed by atoms with van der Waals surface area (Å²) in [5.74, 6) is -0.319. The van der Waals surface area contributed by atoms with Crippen LogP contribution in [0.2, 0.25) is 0 Å². The number of hydrogen-bond donors (Lipinski definition) is 2. The molecule has 0 aliphatic carbocycles. The molecule has 8 heteroatoms. The average Bonchev–Trinajstić information content (AvgIpc) is 2.54. The van der Waals surface area contributed by atoms with Crippen LogP contribution in [0.1, 0.15) is 23.6 Å². The molecule has 0 aliphatic rings. The van der Waals surface area contributed by atoms with Crippen molar-refractivity contribution in [2.24, 2.45) is 11.5 Å². The van der Waals surface area contributed by atoms with E-state index in [4.69, 9.17) is 20.4 Å². The molecule has 4 N–H and O–H groups in total. The standard InChI is InChI=1S/C17H20N2O5S/c1-11-3-6-13(7-4-11)25(21,22)24-15-8-5-12(9-16(15)23-2)14(18)10-17(19)20/h3-9,14H,10,18H2,1-2H3,(H2,19,20). The zero-order chi connectivity index (χ0) is 18.6. The largest absolute Gasteiger partial charge is 0.493 e. The van der Waals surface area contributed by atoms with Crippen molar-refractivity contribution in [1.82, 2.24) is 0 Å². The van der Waals surface area contributed by atoms with Crippen LogP contribution in [0.3, 0.4) is 0 Å². The second kappa shape index (κ2) is 7.54. The Bertz CT molecular complexity index is 863. The number of ether oxygens (including phenoxy) is 1. The molecule has 0 aliphatic heterocycles. The number of carbonyl (C=O) groups is 1. The molecule has 0 radical (unpaired) electrons. The third-order valence-corrected chi connectivity index (χ3v) is 4.79. The minimum absolute atomic E-state index is 0.0260. The summed E-state index contributed by atoms with van der Waals surface area (Å²) in [6.45, 7) is 1.86. The topological polar surface area (TPSA) is 122 Å². The van der Waals surface area contributed by atoms with Gasteiger partial charge in [-0.05, 0) is 36.8 Å². The van der Waals surface area contributed by atoms with E-state index in [-0.39, 0.29) is 22.8 Å². The van der Waals surface area contributed by atoms with E-state index in [1.54, 1.807) is 18.2 Å². The summed E-state index contributed by atoms with van der Waals surface area (Å²) in [6, 6.07) is 10.2. The van der Waals surface area contributed by atoms with Gasteiger partial charge in [0.05, 0.1) is 7.11 Å². The van der Waals surface area contributed by atoms with E-state index in [1.165, 1.54) is 31.4 Å². The van der Waals surface area contributed by atoms with Crippen LogP contribution in [-0.2, 0) is 14.9 Å². The third kappa shape index (κ3) is 4.71. The van der Waals surface area contributed by atoms with Gasteiger partial charge in [0.2, 0.25) is 5.91 Å². The Kier molecular flexibility index (Phi) is 5.66. The number of hydrogen-bond acceptors (Lipinski definition) is 6. The van der Waals surface area contributed by atoms with Gasteiger partial charge in [-0.2, -0.15) is 8.42 Å². The fraction of sp³-hybridized carbons (Fsp3) is 0.235. The number of amides is 1. The highest BCUT2D eigenvalue weighted by molar-refractivity contribution is 7.87. The molecule has 0 bridgehead atoms. The number of benzene rings is 2. The first-order chi connectivity index (χ1) is 11.7. The molecule has 0 saturated heterocycles. The quantitative estimate of drug-likeness (QED) is 0.720. The molecule has 2 aromatic rings. The lowest BCUT2D eigenvalue weighted by molar-refractivity contribution is -0.118. The van der Waals surface area contributed by atoms with Gasteiger partial charge in [-0.25, -0.2) is 0 Å². The van der Waals surface area contributed by atoms with Crippen LogP contribution in [0.5, 0.6) is 11.5 Å². The van der Waals surface area contributed by atoms with Crippen molar-refractivity contribution in [3.63, 3.8) is 0 Å². The van der Waals surface area contributed by atoms with Gasteiger partial charge in [0, 0.05) is 12.5 Å². The Hall–Kier alpha value is -2.58. The van der Waals surface area contributed by atoms with Crippen molar-refractivity contribution in [2.75, 3.05) is 7.11 Å². The van der Waals surface area contributed by atoms with E-state index in [2.05, 4.69) is 0 Å². The van der Waals surface area contributed by atoms with Gasteiger partial charge in [0.1, 0.15) is 4.90 Å². The fourth-order valence-corrected chi connectivity index (χ4v) is 3.13. The number of primary amides is 1. The molecular weight excluding hydrogens is 344 g/mol. The van der Waals surface area contributed by atoms with Crippen molar-refractivity contribution in [3.8, 4) is 11.5 Å². The zero-order valence-corrected chi connectivity index (χ0v) is 14.7. The van der Waals surface area contributed by atoms with Gasteiger partial charge in [0.15, 0.2) is 11.5 Å². The Morgan fingerprint density at radius 3 is 2.32 bits per heavy atom. The maximum Gasteiger partial charge on any atom is 0.339 e. The molecule has 1 unspecified atom stereocenters. The maximum absolute atomic E-state index is 12.4. The van der Waals surface area contributed by atoms with E-state index >= 15 is 0 Å². The highest BCUT2D eigenvalue weighted by atomic mass is 32.2. The smallest absolute Gasteiger partial charge is 0.339 e. The lowest BCUT2D eigenvalue weighted by Crippen LogP contribution is -2.20. The fourth-order valence-electron chi connectivity index (χ4n) is 2.19. The van der Waals surface area contributed by atoms with Gasteiger partial charge in [-0.3, -0.25) is 4.79 Å². The normalized spacial score (nSPS) is 12.4. The van der Waals surface area contributed by atoms with Crippen molar-refractivity contribution < 1.29 is 22.1 Å². The SMILES string of the molecule is COc1cc(C(N)CC(N)=O)ccc1OS(=O)(=O)c1ccc(C)cc1.